The average molecular weight is 442 g/mol. The predicted octanol–water partition coefficient (Wildman–Crippen LogP) is 4.95. The number of benzene rings is 1. The zero-order chi connectivity index (χ0) is 21.9. The van der Waals surface area contributed by atoms with Crippen LogP contribution in [0.2, 0.25) is 0 Å². The van der Waals surface area contributed by atoms with Gasteiger partial charge in [-0.2, -0.15) is 0 Å². The van der Waals surface area contributed by atoms with E-state index in [1.54, 1.807) is 23.5 Å². The standard InChI is InChI=1S/C25H35N3O2S/c1-20-12-16-28(17-13-20)15-3-2-14-26-25(30)21-7-4-8-22(19-21)27-24(29)11-5-9-23-10-6-18-31-23/h4,6-8,10,18-20H,2-3,5,9,11-17H2,1H3,(H,26,30)(H,27,29). The Labute approximate surface area is 190 Å². The predicted molar refractivity (Wildman–Crippen MR) is 129 cm³/mol. The first-order valence-electron chi connectivity index (χ1n) is 11.5. The molecule has 2 N–H and O–H groups in total. The van der Waals surface area contributed by atoms with Crippen LogP contribution in [0.5, 0.6) is 0 Å². The van der Waals surface area contributed by atoms with E-state index in [0.717, 1.165) is 38.1 Å². The van der Waals surface area contributed by atoms with Gasteiger partial charge >= 0.3 is 0 Å². The smallest absolute Gasteiger partial charge is 0.251 e. The molecule has 168 valence electrons. The molecule has 5 nitrogen and oxygen atoms in total. The highest BCUT2D eigenvalue weighted by Crippen LogP contribution is 2.16. The van der Waals surface area contributed by atoms with E-state index >= 15 is 0 Å². The van der Waals surface area contributed by atoms with Crippen molar-refractivity contribution in [2.24, 2.45) is 5.92 Å². The molecular formula is C25H35N3O2S. The molecule has 3 rings (SSSR count). The van der Waals surface area contributed by atoms with Crippen molar-refractivity contribution >= 4 is 28.8 Å². The van der Waals surface area contributed by atoms with Crippen LogP contribution in [0, 0.1) is 5.92 Å². The summed E-state index contributed by atoms with van der Waals surface area (Å²) >= 11 is 1.72. The van der Waals surface area contributed by atoms with Gasteiger partial charge in [-0.1, -0.05) is 19.1 Å². The molecule has 0 spiro atoms. The van der Waals surface area contributed by atoms with Crippen LogP contribution in [-0.4, -0.2) is 42.9 Å². The van der Waals surface area contributed by atoms with E-state index in [4.69, 9.17) is 0 Å². The quantitative estimate of drug-likeness (QED) is 0.485. The van der Waals surface area contributed by atoms with E-state index in [9.17, 15) is 9.59 Å². The van der Waals surface area contributed by atoms with Crippen molar-refractivity contribution in [3.8, 4) is 0 Å². The van der Waals surface area contributed by atoms with Gasteiger partial charge in [-0.3, -0.25) is 9.59 Å². The fourth-order valence-corrected chi connectivity index (χ4v) is 4.64. The summed E-state index contributed by atoms with van der Waals surface area (Å²) in [6, 6.07) is 11.3. The fraction of sp³-hybridized carbons (Fsp3) is 0.520. The summed E-state index contributed by atoms with van der Waals surface area (Å²) in [5.74, 6) is 0.768. The number of carbonyl (C=O) groups excluding carboxylic acids is 2. The van der Waals surface area contributed by atoms with Gasteiger partial charge in [0.15, 0.2) is 0 Å². The van der Waals surface area contributed by atoms with Crippen LogP contribution < -0.4 is 10.6 Å². The molecule has 6 heteroatoms. The van der Waals surface area contributed by atoms with Crippen molar-refractivity contribution in [2.45, 2.75) is 51.9 Å². The number of aryl methyl sites for hydroxylation is 1. The molecule has 1 aromatic carbocycles. The largest absolute Gasteiger partial charge is 0.352 e. The Morgan fingerprint density at radius 1 is 1.10 bits per heavy atom. The van der Waals surface area contributed by atoms with Gasteiger partial charge in [0.25, 0.3) is 5.91 Å². The van der Waals surface area contributed by atoms with Gasteiger partial charge in [0.1, 0.15) is 0 Å². The molecule has 0 saturated carbocycles. The monoisotopic (exact) mass is 441 g/mol. The number of piperidine rings is 1. The first kappa shape index (κ1) is 23.5. The highest BCUT2D eigenvalue weighted by Gasteiger charge is 2.15. The Hall–Kier alpha value is -2.18. The number of anilines is 1. The zero-order valence-electron chi connectivity index (χ0n) is 18.6. The van der Waals surface area contributed by atoms with Crippen LogP contribution in [0.1, 0.15) is 60.7 Å². The third-order valence-electron chi connectivity index (χ3n) is 5.88. The first-order chi connectivity index (χ1) is 15.1. The number of hydrogen-bond acceptors (Lipinski definition) is 4. The van der Waals surface area contributed by atoms with E-state index < -0.39 is 0 Å². The van der Waals surface area contributed by atoms with Crippen LogP contribution in [0.3, 0.4) is 0 Å². The lowest BCUT2D eigenvalue weighted by Gasteiger charge is -2.30. The first-order valence-corrected chi connectivity index (χ1v) is 12.4. The van der Waals surface area contributed by atoms with Gasteiger partial charge in [-0.25, -0.2) is 0 Å². The second kappa shape index (κ2) is 12.6. The summed E-state index contributed by atoms with van der Waals surface area (Å²) in [5.41, 5.74) is 1.26. The third-order valence-corrected chi connectivity index (χ3v) is 6.81. The SMILES string of the molecule is CC1CCN(CCCCNC(=O)c2cccc(NC(=O)CCCc3cccs3)c2)CC1. The summed E-state index contributed by atoms with van der Waals surface area (Å²) in [6.07, 6.45) is 6.92. The van der Waals surface area contributed by atoms with Gasteiger partial charge in [-0.15, -0.1) is 11.3 Å². The van der Waals surface area contributed by atoms with Gasteiger partial charge in [-0.05, 0) is 93.7 Å². The van der Waals surface area contributed by atoms with Crippen LogP contribution in [-0.2, 0) is 11.2 Å². The van der Waals surface area contributed by atoms with E-state index in [-0.39, 0.29) is 11.8 Å². The molecule has 1 aliphatic heterocycles. The highest BCUT2D eigenvalue weighted by molar-refractivity contribution is 7.09. The lowest BCUT2D eigenvalue weighted by Crippen LogP contribution is -2.34. The van der Waals surface area contributed by atoms with Crippen LogP contribution in [0.25, 0.3) is 0 Å². The summed E-state index contributed by atoms with van der Waals surface area (Å²) in [4.78, 5) is 28.5. The molecule has 0 radical (unpaired) electrons. The zero-order valence-corrected chi connectivity index (χ0v) is 19.4. The fourth-order valence-electron chi connectivity index (χ4n) is 3.89. The van der Waals surface area contributed by atoms with Gasteiger partial charge in [0.05, 0.1) is 0 Å². The molecule has 0 bridgehead atoms. The van der Waals surface area contributed by atoms with Crippen LogP contribution in [0.15, 0.2) is 41.8 Å². The average Bonchev–Trinajstić information content (AvgIpc) is 3.28. The maximum Gasteiger partial charge on any atom is 0.251 e. The summed E-state index contributed by atoms with van der Waals surface area (Å²) in [7, 11) is 0. The molecular weight excluding hydrogens is 406 g/mol. The second-order valence-electron chi connectivity index (χ2n) is 8.55. The maximum atomic E-state index is 12.5. The maximum absolute atomic E-state index is 12.5. The second-order valence-corrected chi connectivity index (χ2v) is 9.58. The molecule has 1 aromatic heterocycles. The Morgan fingerprint density at radius 3 is 2.71 bits per heavy atom. The van der Waals surface area contributed by atoms with Crippen molar-refractivity contribution in [1.29, 1.82) is 0 Å². The number of carbonyl (C=O) groups is 2. The Balaban J connectivity index is 1.32. The Morgan fingerprint density at radius 2 is 1.94 bits per heavy atom. The number of thiophene rings is 1. The summed E-state index contributed by atoms with van der Waals surface area (Å²) in [5, 5.41) is 7.97. The molecule has 1 aliphatic rings. The van der Waals surface area contributed by atoms with Crippen molar-refractivity contribution in [2.75, 3.05) is 31.5 Å². The number of unbranched alkanes of at least 4 members (excludes halogenated alkanes) is 1. The normalized spacial score (nSPS) is 15.0. The van der Waals surface area contributed by atoms with Crippen molar-refractivity contribution in [1.82, 2.24) is 10.2 Å². The minimum Gasteiger partial charge on any atom is -0.352 e. The van der Waals surface area contributed by atoms with Gasteiger partial charge in [0.2, 0.25) is 5.91 Å². The highest BCUT2D eigenvalue weighted by atomic mass is 32.1. The minimum absolute atomic E-state index is 0.0128. The molecule has 2 amide bonds. The van der Waals surface area contributed by atoms with Gasteiger partial charge in [0, 0.05) is 29.1 Å². The van der Waals surface area contributed by atoms with Crippen LogP contribution in [0.4, 0.5) is 5.69 Å². The van der Waals surface area contributed by atoms with Crippen LogP contribution >= 0.6 is 11.3 Å². The van der Waals surface area contributed by atoms with Crippen molar-refractivity contribution < 1.29 is 9.59 Å². The summed E-state index contributed by atoms with van der Waals surface area (Å²) in [6.45, 7) is 6.55. The lowest BCUT2D eigenvalue weighted by atomic mass is 9.99. The lowest BCUT2D eigenvalue weighted by molar-refractivity contribution is -0.116. The van der Waals surface area contributed by atoms with Crippen molar-refractivity contribution in [3.05, 3.63) is 52.2 Å². The molecule has 0 unspecified atom stereocenters. The van der Waals surface area contributed by atoms with E-state index in [2.05, 4.69) is 33.9 Å². The topological polar surface area (TPSA) is 61.4 Å². The molecule has 2 aromatic rings. The Kier molecular flexibility index (Phi) is 9.56. The van der Waals surface area contributed by atoms with E-state index in [1.807, 2.05) is 18.2 Å². The molecule has 2 heterocycles. The Bertz CT molecular complexity index is 814. The summed E-state index contributed by atoms with van der Waals surface area (Å²) < 4.78 is 0. The molecule has 0 aliphatic carbocycles. The molecule has 1 fully saturated rings. The number of nitrogens with zero attached hydrogens (tertiary/aromatic N) is 1. The molecule has 0 atom stereocenters. The molecule has 31 heavy (non-hydrogen) atoms. The number of nitrogens with one attached hydrogen (secondary N) is 2. The van der Waals surface area contributed by atoms with E-state index in [1.165, 1.54) is 30.8 Å². The van der Waals surface area contributed by atoms with Gasteiger partial charge < -0.3 is 15.5 Å². The van der Waals surface area contributed by atoms with Crippen molar-refractivity contribution in [3.63, 3.8) is 0 Å². The minimum atomic E-state index is -0.0828. The molecule has 1 saturated heterocycles. The number of hydrogen-bond donors (Lipinski definition) is 2. The third kappa shape index (κ3) is 8.46. The van der Waals surface area contributed by atoms with E-state index in [0.29, 0.717) is 24.2 Å². The number of likely N-dealkylation sites (tertiary alicyclic amines) is 1. The number of amides is 2. The number of rotatable bonds is 11.